The number of para-hydroxylation sites is 1. The molecule has 0 radical (unpaired) electrons. The highest BCUT2D eigenvalue weighted by Crippen LogP contribution is 2.35. The first-order chi connectivity index (χ1) is 14.1. The van der Waals surface area contributed by atoms with Crippen molar-refractivity contribution in [3.05, 3.63) is 29.8 Å². The van der Waals surface area contributed by atoms with E-state index in [4.69, 9.17) is 5.21 Å². The second-order valence-electron chi connectivity index (χ2n) is 7.82. The number of fused-ring (bicyclic) bond motifs is 1. The van der Waals surface area contributed by atoms with Gasteiger partial charge < -0.3 is 16.0 Å². The minimum atomic E-state index is -4.14. The number of likely N-dealkylation sites (N-methyl/N-ethyl adjacent to an activating group) is 1. The number of amides is 3. The summed E-state index contributed by atoms with van der Waals surface area (Å²) in [6, 6.07) is 6.47. The van der Waals surface area contributed by atoms with Crippen LogP contribution in [0.1, 0.15) is 38.2 Å². The van der Waals surface area contributed by atoms with Crippen LogP contribution in [0, 0.1) is 11.8 Å². The average molecular weight is 426 g/mol. The van der Waals surface area contributed by atoms with E-state index in [0.29, 0.717) is 6.54 Å². The lowest BCUT2D eigenvalue weighted by Gasteiger charge is -2.28. The molecule has 2 rings (SSSR count). The lowest BCUT2D eigenvalue weighted by atomic mass is 9.88. The van der Waals surface area contributed by atoms with Gasteiger partial charge in [0.15, 0.2) is 0 Å². The molecular formula is C20H28F2N4O4. The number of hydrogen-bond acceptors (Lipinski definition) is 5. The molecule has 0 fully saturated rings. The van der Waals surface area contributed by atoms with Crippen molar-refractivity contribution in [1.82, 2.24) is 16.1 Å². The summed E-state index contributed by atoms with van der Waals surface area (Å²) in [5.41, 5.74) is 2.81. The van der Waals surface area contributed by atoms with Crippen molar-refractivity contribution in [2.45, 2.75) is 44.6 Å². The Balaban J connectivity index is 2.22. The quantitative estimate of drug-likeness (QED) is 0.304. The zero-order valence-electron chi connectivity index (χ0n) is 17.2. The summed E-state index contributed by atoms with van der Waals surface area (Å²) >= 11 is 0. The number of rotatable bonds is 9. The maximum absolute atomic E-state index is 14.5. The molecule has 1 aliphatic heterocycles. The number of hydroxylamine groups is 1. The molecule has 1 aromatic carbocycles. The molecule has 1 heterocycles. The molecule has 0 aliphatic carbocycles. The molecule has 3 atom stereocenters. The molecule has 1 aliphatic rings. The molecule has 0 saturated carbocycles. The van der Waals surface area contributed by atoms with Gasteiger partial charge in [-0.2, -0.15) is 8.78 Å². The summed E-state index contributed by atoms with van der Waals surface area (Å²) in [6.45, 7) is 3.80. The van der Waals surface area contributed by atoms with Crippen molar-refractivity contribution in [3.8, 4) is 0 Å². The van der Waals surface area contributed by atoms with Crippen molar-refractivity contribution < 1.29 is 28.4 Å². The molecular weight excluding hydrogens is 398 g/mol. The highest BCUT2D eigenvalue weighted by Gasteiger charge is 2.51. The molecule has 5 N–H and O–H groups in total. The van der Waals surface area contributed by atoms with Gasteiger partial charge in [-0.05, 0) is 30.4 Å². The van der Waals surface area contributed by atoms with Crippen LogP contribution in [0.3, 0.4) is 0 Å². The van der Waals surface area contributed by atoms with Gasteiger partial charge in [-0.15, -0.1) is 0 Å². The second kappa shape index (κ2) is 9.84. The van der Waals surface area contributed by atoms with Crippen LogP contribution in [0.15, 0.2) is 24.3 Å². The van der Waals surface area contributed by atoms with Gasteiger partial charge in [-0.3, -0.25) is 19.6 Å². The van der Waals surface area contributed by atoms with E-state index in [-0.39, 0.29) is 24.7 Å². The Morgan fingerprint density at radius 2 is 1.90 bits per heavy atom. The molecule has 166 valence electrons. The summed E-state index contributed by atoms with van der Waals surface area (Å²) in [5.74, 6) is -10.2. The first-order valence-electron chi connectivity index (χ1n) is 9.78. The monoisotopic (exact) mass is 426 g/mol. The van der Waals surface area contributed by atoms with Crippen LogP contribution in [0.25, 0.3) is 0 Å². The van der Waals surface area contributed by atoms with Gasteiger partial charge in [-0.1, -0.05) is 32.0 Å². The Kier molecular flexibility index (Phi) is 7.71. The zero-order chi connectivity index (χ0) is 22.5. The summed E-state index contributed by atoms with van der Waals surface area (Å²) in [4.78, 5) is 36.6. The van der Waals surface area contributed by atoms with E-state index in [1.165, 1.54) is 7.05 Å². The molecule has 30 heavy (non-hydrogen) atoms. The number of anilines is 1. The molecule has 0 aromatic heterocycles. The summed E-state index contributed by atoms with van der Waals surface area (Å²) in [5, 5.41) is 16.7. The molecule has 0 bridgehead atoms. The number of nitrogens with one attached hydrogen (secondary N) is 4. The predicted octanol–water partition coefficient (Wildman–Crippen LogP) is 1.62. The van der Waals surface area contributed by atoms with E-state index < -0.39 is 35.6 Å². The maximum atomic E-state index is 14.5. The van der Waals surface area contributed by atoms with Gasteiger partial charge in [0.05, 0.1) is 0 Å². The van der Waals surface area contributed by atoms with E-state index in [1.807, 2.05) is 24.3 Å². The van der Waals surface area contributed by atoms with Crippen LogP contribution >= 0.6 is 0 Å². The fourth-order valence-electron chi connectivity index (χ4n) is 3.65. The highest BCUT2D eigenvalue weighted by molar-refractivity contribution is 5.93. The van der Waals surface area contributed by atoms with Crippen LogP contribution in [0.4, 0.5) is 14.5 Å². The molecule has 10 heteroatoms. The average Bonchev–Trinajstić information content (AvgIpc) is 3.12. The second-order valence-corrected chi connectivity index (χ2v) is 7.82. The highest BCUT2D eigenvalue weighted by atomic mass is 19.3. The SMILES string of the molecule is CNC(=O)[C@H](CC1CNc2ccccc21)NC(=O)[C@H](CC(C)C)C(F)(F)C(=O)NO. The summed E-state index contributed by atoms with van der Waals surface area (Å²) < 4.78 is 29.0. The third-order valence-electron chi connectivity index (χ3n) is 5.20. The Bertz CT molecular complexity index is 788. The number of hydrogen-bond donors (Lipinski definition) is 5. The topological polar surface area (TPSA) is 120 Å². The predicted molar refractivity (Wildman–Crippen MR) is 106 cm³/mol. The molecule has 0 spiro atoms. The van der Waals surface area contributed by atoms with Gasteiger partial charge in [-0.25, -0.2) is 5.48 Å². The molecule has 3 amide bonds. The standard InChI is InChI=1S/C20H28F2N4O4/c1-11(2)8-14(20(21,22)19(29)26-30)17(27)25-16(18(28)23-3)9-12-10-24-15-7-5-4-6-13(12)15/h4-7,11-12,14,16,24,30H,8-10H2,1-3H3,(H,23,28)(H,25,27)(H,26,29)/t12?,14-,16-/m0/s1. The molecule has 1 aromatic rings. The molecule has 8 nitrogen and oxygen atoms in total. The first-order valence-corrected chi connectivity index (χ1v) is 9.78. The Morgan fingerprint density at radius 1 is 1.23 bits per heavy atom. The van der Waals surface area contributed by atoms with Crippen molar-refractivity contribution >= 4 is 23.4 Å². The van der Waals surface area contributed by atoms with Crippen molar-refractivity contribution in [2.75, 3.05) is 18.9 Å². The number of carbonyl (C=O) groups excluding carboxylic acids is 3. The van der Waals surface area contributed by atoms with Gasteiger partial charge in [0.25, 0.3) is 0 Å². The molecule has 0 saturated heterocycles. The van der Waals surface area contributed by atoms with Crippen LogP contribution in [-0.2, 0) is 14.4 Å². The number of benzene rings is 1. The minimum absolute atomic E-state index is 0.103. The number of halogens is 2. The fourth-order valence-corrected chi connectivity index (χ4v) is 3.65. The van der Waals surface area contributed by atoms with Crippen molar-refractivity contribution in [3.63, 3.8) is 0 Å². The van der Waals surface area contributed by atoms with Crippen LogP contribution in [-0.4, -0.2) is 48.5 Å². The van der Waals surface area contributed by atoms with Crippen molar-refractivity contribution in [2.24, 2.45) is 11.8 Å². The van der Waals surface area contributed by atoms with E-state index in [9.17, 15) is 23.2 Å². The Morgan fingerprint density at radius 3 is 2.50 bits per heavy atom. The van der Waals surface area contributed by atoms with Gasteiger partial charge in [0.2, 0.25) is 11.8 Å². The summed E-state index contributed by atoms with van der Waals surface area (Å²) in [7, 11) is 1.39. The lowest BCUT2D eigenvalue weighted by Crippen LogP contribution is -2.55. The van der Waals surface area contributed by atoms with Crippen LogP contribution in [0.2, 0.25) is 0 Å². The summed E-state index contributed by atoms with van der Waals surface area (Å²) in [6.07, 6.45) is -0.109. The van der Waals surface area contributed by atoms with Crippen molar-refractivity contribution in [1.29, 1.82) is 0 Å². The van der Waals surface area contributed by atoms with Gasteiger partial charge >= 0.3 is 11.8 Å². The Hall–Kier alpha value is -2.75. The van der Waals surface area contributed by atoms with E-state index in [2.05, 4.69) is 16.0 Å². The van der Waals surface area contributed by atoms with E-state index in [0.717, 1.165) is 16.7 Å². The largest absolute Gasteiger partial charge is 0.384 e. The van der Waals surface area contributed by atoms with Crippen LogP contribution in [0.5, 0.6) is 0 Å². The maximum Gasteiger partial charge on any atom is 0.338 e. The minimum Gasteiger partial charge on any atom is -0.384 e. The Labute approximate surface area is 173 Å². The van der Waals surface area contributed by atoms with Gasteiger partial charge in [0.1, 0.15) is 12.0 Å². The normalized spacial score (nSPS) is 17.5. The number of alkyl halides is 2. The zero-order valence-corrected chi connectivity index (χ0v) is 17.2. The third-order valence-corrected chi connectivity index (χ3v) is 5.20. The fraction of sp³-hybridized carbons (Fsp3) is 0.550. The van der Waals surface area contributed by atoms with E-state index >= 15 is 0 Å². The van der Waals surface area contributed by atoms with Gasteiger partial charge in [0, 0.05) is 25.2 Å². The molecule has 1 unspecified atom stereocenters. The first kappa shape index (κ1) is 23.5. The van der Waals surface area contributed by atoms with Crippen LogP contribution < -0.4 is 21.4 Å². The smallest absolute Gasteiger partial charge is 0.338 e. The van der Waals surface area contributed by atoms with E-state index in [1.54, 1.807) is 13.8 Å². The lowest BCUT2D eigenvalue weighted by molar-refractivity contribution is -0.169. The third kappa shape index (κ3) is 5.24. The number of carbonyl (C=O) groups is 3.